The van der Waals surface area contributed by atoms with E-state index in [0.29, 0.717) is 17.7 Å². The van der Waals surface area contributed by atoms with Crippen molar-refractivity contribution in [1.82, 2.24) is 10.2 Å². The molecule has 136 valence electrons. The van der Waals surface area contributed by atoms with Gasteiger partial charge in [-0.25, -0.2) is 4.39 Å². The summed E-state index contributed by atoms with van der Waals surface area (Å²) in [4.78, 5) is 15.0. The van der Waals surface area contributed by atoms with Crippen molar-refractivity contribution in [1.29, 1.82) is 0 Å². The third-order valence-corrected chi connectivity index (χ3v) is 6.42. The van der Waals surface area contributed by atoms with Gasteiger partial charge in [-0.1, -0.05) is 34.1 Å². The van der Waals surface area contributed by atoms with Gasteiger partial charge in [-0.15, -0.1) is 11.8 Å². The van der Waals surface area contributed by atoms with Gasteiger partial charge in [0.15, 0.2) is 0 Å². The Kier molecular flexibility index (Phi) is 4.49. The first-order valence-corrected chi connectivity index (χ1v) is 10.3. The normalized spacial score (nSPS) is 27.5. The van der Waals surface area contributed by atoms with Gasteiger partial charge in [0.2, 0.25) is 5.91 Å². The summed E-state index contributed by atoms with van der Waals surface area (Å²) in [7, 11) is 1.79. The van der Waals surface area contributed by atoms with E-state index in [0.717, 1.165) is 10.0 Å². The van der Waals surface area contributed by atoms with Crippen LogP contribution in [0.5, 0.6) is 5.75 Å². The molecule has 2 aromatic carbocycles. The molecule has 1 N–H and O–H groups in total. The first-order valence-electron chi connectivity index (χ1n) is 8.25. The molecule has 1 amide bonds. The lowest BCUT2D eigenvalue weighted by atomic mass is 9.80. The van der Waals surface area contributed by atoms with E-state index in [9.17, 15) is 9.18 Å². The van der Waals surface area contributed by atoms with E-state index in [2.05, 4.69) is 21.2 Å². The quantitative estimate of drug-likeness (QED) is 0.771. The third kappa shape index (κ3) is 2.64. The molecule has 2 aromatic rings. The van der Waals surface area contributed by atoms with Crippen molar-refractivity contribution in [3.63, 3.8) is 0 Å². The number of rotatable bonds is 2. The second kappa shape index (κ2) is 6.55. The summed E-state index contributed by atoms with van der Waals surface area (Å²) in [5.41, 5.74) is 0.166. The highest BCUT2D eigenvalue weighted by atomic mass is 79.9. The fourth-order valence-corrected chi connectivity index (χ4v) is 4.86. The monoisotopic (exact) mass is 436 g/mol. The van der Waals surface area contributed by atoms with E-state index in [1.165, 1.54) is 6.07 Å². The molecule has 2 heterocycles. The van der Waals surface area contributed by atoms with Gasteiger partial charge in [-0.2, -0.15) is 0 Å². The number of carbonyl (C=O) groups excluding carboxylic acids is 1. The number of fused-ring (bicyclic) bond motifs is 2. The second-order valence-corrected chi connectivity index (χ2v) is 8.36. The highest BCUT2D eigenvalue weighted by Crippen LogP contribution is 2.49. The topological polar surface area (TPSA) is 41.6 Å². The number of halogens is 2. The first-order chi connectivity index (χ1) is 12.5. The minimum Gasteiger partial charge on any atom is -0.485 e. The number of carbonyl (C=O) groups is 1. The van der Waals surface area contributed by atoms with Gasteiger partial charge in [0.05, 0.1) is 0 Å². The summed E-state index contributed by atoms with van der Waals surface area (Å²) in [6.07, 6.45) is 1.74. The predicted octanol–water partition coefficient (Wildman–Crippen LogP) is 4.02. The zero-order chi connectivity index (χ0) is 18.5. The van der Waals surface area contributed by atoms with Crippen LogP contribution in [0.3, 0.4) is 0 Å². The van der Waals surface area contributed by atoms with Crippen molar-refractivity contribution in [3.05, 3.63) is 63.9 Å². The molecule has 0 radical (unpaired) electrons. The van der Waals surface area contributed by atoms with Crippen molar-refractivity contribution in [2.24, 2.45) is 0 Å². The largest absolute Gasteiger partial charge is 0.485 e. The Balaban J connectivity index is 1.86. The van der Waals surface area contributed by atoms with Crippen LogP contribution < -0.4 is 10.1 Å². The summed E-state index contributed by atoms with van der Waals surface area (Å²) in [5.74, 6) is 0.248. The maximum Gasteiger partial charge on any atom is 0.249 e. The molecule has 0 bridgehead atoms. The Morgan fingerprint density at radius 2 is 2.12 bits per heavy atom. The average molecular weight is 437 g/mol. The van der Waals surface area contributed by atoms with Crippen LogP contribution in [0, 0.1) is 5.82 Å². The maximum absolute atomic E-state index is 14.4. The summed E-state index contributed by atoms with van der Waals surface area (Å²) in [6.45, 7) is 0. The van der Waals surface area contributed by atoms with Gasteiger partial charge >= 0.3 is 0 Å². The van der Waals surface area contributed by atoms with E-state index in [1.54, 1.807) is 41.9 Å². The van der Waals surface area contributed by atoms with E-state index in [4.69, 9.17) is 4.74 Å². The smallest absolute Gasteiger partial charge is 0.249 e. The van der Waals surface area contributed by atoms with Crippen molar-refractivity contribution in [2.75, 3.05) is 13.3 Å². The summed E-state index contributed by atoms with van der Waals surface area (Å²) >= 11 is 5.04. The van der Waals surface area contributed by atoms with E-state index >= 15 is 0 Å². The Morgan fingerprint density at radius 3 is 2.81 bits per heavy atom. The fourth-order valence-electron chi connectivity index (χ4n) is 3.76. The number of nitrogens with one attached hydrogen (secondary N) is 1. The summed E-state index contributed by atoms with van der Waals surface area (Å²) in [6, 6.07) is 12.2. The van der Waals surface area contributed by atoms with Crippen LogP contribution in [-0.2, 0) is 10.3 Å². The molecule has 4 rings (SSSR count). The molecule has 0 saturated carbocycles. The van der Waals surface area contributed by atoms with Gasteiger partial charge in [0, 0.05) is 29.1 Å². The Bertz CT molecular complexity index is 880. The molecular weight excluding hydrogens is 419 g/mol. The molecule has 1 fully saturated rings. The van der Waals surface area contributed by atoms with Gasteiger partial charge in [-0.05, 0) is 30.5 Å². The molecule has 2 aliphatic heterocycles. The summed E-state index contributed by atoms with van der Waals surface area (Å²) < 4.78 is 21.4. The number of ether oxygens (including phenoxy) is 1. The fraction of sp³-hybridized carbons (Fsp3) is 0.316. The Hall–Kier alpha value is -1.57. The van der Waals surface area contributed by atoms with E-state index < -0.39 is 11.6 Å². The standard InChI is InChI=1S/C19H18BrFN2O2S/c1-23-17(24)19(22-18(23)26-2)10-16(12-5-3-4-6-14(12)21)25-15-8-7-11(20)9-13(15)19/h3-9,16,18,22H,10H2,1-2H3. The minimum atomic E-state index is -0.938. The van der Waals surface area contributed by atoms with Crippen molar-refractivity contribution in [2.45, 2.75) is 23.6 Å². The molecule has 3 atom stereocenters. The number of nitrogens with zero attached hydrogens (tertiary/aromatic N) is 1. The SMILES string of the molecule is CSC1NC2(CC(c3ccccc3F)Oc3ccc(Br)cc32)C(=O)N1C. The zero-order valence-corrected chi connectivity index (χ0v) is 16.7. The van der Waals surface area contributed by atoms with Crippen molar-refractivity contribution in [3.8, 4) is 5.75 Å². The van der Waals surface area contributed by atoms with E-state index in [1.807, 2.05) is 24.5 Å². The van der Waals surface area contributed by atoms with Gasteiger partial charge in [-0.3, -0.25) is 10.1 Å². The summed E-state index contributed by atoms with van der Waals surface area (Å²) in [5, 5.41) is 3.47. The number of thioether (sulfide) groups is 1. The minimum absolute atomic E-state index is 0.0270. The molecule has 2 aliphatic rings. The number of hydrogen-bond donors (Lipinski definition) is 1. The lowest BCUT2D eigenvalue weighted by Crippen LogP contribution is -2.48. The number of hydrogen-bond acceptors (Lipinski definition) is 4. The van der Waals surface area contributed by atoms with Crippen LogP contribution in [0.2, 0.25) is 0 Å². The Morgan fingerprint density at radius 1 is 1.35 bits per heavy atom. The van der Waals surface area contributed by atoms with Crippen molar-refractivity contribution < 1.29 is 13.9 Å². The molecular formula is C19H18BrFN2O2S. The maximum atomic E-state index is 14.4. The van der Waals surface area contributed by atoms with Crippen LogP contribution in [0.4, 0.5) is 4.39 Å². The highest BCUT2D eigenvalue weighted by Gasteiger charge is 2.55. The average Bonchev–Trinajstić information content (AvgIpc) is 2.88. The first kappa shape index (κ1) is 17.8. The van der Waals surface area contributed by atoms with Crippen LogP contribution in [0.25, 0.3) is 0 Å². The second-order valence-electron chi connectivity index (χ2n) is 6.53. The number of amides is 1. The van der Waals surface area contributed by atoms with E-state index in [-0.39, 0.29) is 17.2 Å². The number of likely N-dealkylation sites (N-methyl/N-ethyl adjacent to an activating group) is 1. The van der Waals surface area contributed by atoms with Gasteiger partial charge < -0.3 is 9.64 Å². The molecule has 0 aromatic heterocycles. The molecule has 3 unspecified atom stereocenters. The van der Waals surface area contributed by atoms with Crippen LogP contribution in [0.1, 0.15) is 23.7 Å². The zero-order valence-electron chi connectivity index (χ0n) is 14.3. The van der Waals surface area contributed by atoms with Crippen molar-refractivity contribution >= 4 is 33.6 Å². The van der Waals surface area contributed by atoms with Gasteiger partial charge in [0.1, 0.15) is 28.7 Å². The molecule has 0 aliphatic carbocycles. The Labute approximate surface area is 164 Å². The molecule has 1 saturated heterocycles. The van der Waals surface area contributed by atoms with Crippen LogP contribution in [0.15, 0.2) is 46.9 Å². The molecule has 7 heteroatoms. The van der Waals surface area contributed by atoms with Crippen LogP contribution >= 0.6 is 27.7 Å². The third-order valence-electron chi connectivity index (χ3n) is 5.04. The molecule has 26 heavy (non-hydrogen) atoms. The number of benzene rings is 2. The van der Waals surface area contributed by atoms with Gasteiger partial charge in [0.25, 0.3) is 0 Å². The molecule has 1 spiro atoms. The predicted molar refractivity (Wildman–Crippen MR) is 103 cm³/mol. The lowest BCUT2D eigenvalue weighted by Gasteiger charge is -2.38. The lowest BCUT2D eigenvalue weighted by molar-refractivity contribution is -0.133. The highest BCUT2D eigenvalue weighted by molar-refractivity contribution is 9.10. The molecule has 4 nitrogen and oxygen atoms in total. The van der Waals surface area contributed by atoms with Crippen LogP contribution in [-0.4, -0.2) is 29.6 Å².